The van der Waals surface area contributed by atoms with E-state index in [1.807, 2.05) is 24.3 Å². The zero-order valence-electron chi connectivity index (χ0n) is 16.7. The lowest BCUT2D eigenvalue weighted by atomic mass is 9.85. The summed E-state index contributed by atoms with van der Waals surface area (Å²) in [7, 11) is 0. The molecule has 3 N–H and O–H groups in total. The van der Waals surface area contributed by atoms with Crippen molar-refractivity contribution in [3.8, 4) is 0 Å². The first kappa shape index (κ1) is 19.8. The third-order valence-corrected chi connectivity index (χ3v) is 5.95. The molecule has 2 aliphatic rings. The molecular weight excluding hydrogens is 370 g/mol. The van der Waals surface area contributed by atoms with Crippen LogP contribution in [0.4, 0.5) is 0 Å². The zero-order chi connectivity index (χ0) is 20.1. The molecule has 1 saturated heterocycles. The van der Waals surface area contributed by atoms with Crippen molar-refractivity contribution in [3.63, 3.8) is 0 Å². The number of carbonyl (C=O) groups is 2. The van der Waals surface area contributed by atoms with E-state index >= 15 is 0 Å². The highest BCUT2D eigenvalue weighted by molar-refractivity contribution is 6.04. The SMILES string of the molecule is O=C(NC1CCC(C(=O)NCCN2CCOCC2)CC1)c1n[nH]c2ccccc12. The molecule has 156 valence electrons. The van der Waals surface area contributed by atoms with E-state index in [2.05, 4.69) is 25.7 Å². The Kier molecular flexibility index (Phi) is 6.41. The fourth-order valence-corrected chi connectivity index (χ4v) is 4.20. The Labute approximate surface area is 170 Å². The number of hydrogen-bond acceptors (Lipinski definition) is 5. The van der Waals surface area contributed by atoms with Crippen LogP contribution in [-0.2, 0) is 9.53 Å². The largest absolute Gasteiger partial charge is 0.379 e. The van der Waals surface area contributed by atoms with Crippen molar-refractivity contribution in [2.45, 2.75) is 31.7 Å². The number of amides is 2. The maximum absolute atomic E-state index is 12.6. The number of nitrogens with zero attached hydrogens (tertiary/aromatic N) is 2. The second-order valence-electron chi connectivity index (χ2n) is 7.88. The first-order valence-corrected chi connectivity index (χ1v) is 10.5. The van der Waals surface area contributed by atoms with Crippen LogP contribution >= 0.6 is 0 Å². The Hall–Kier alpha value is -2.45. The van der Waals surface area contributed by atoms with E-state index in [-0.39, 0.29) is 23.8 Å². The highest BCUT2D eigenvalue weighted by Gasteiger charge is 2.28. The molecule has 1 aromatic heterocycles. The van der Waals surface area contributed by atoms with E-state index in [1.54, 1.807) is 0 Å². The van der Waals surface area contributed by atoms with Gasteiger partial charge in [0.15, 0.2) is 5.69 Å². The van der Waals surface area contributed by atoms with Crippen molar-refractivity contribution in [2.75, 3.05) is 39.4 Å². The number of para-hydroxylation sites is 1. The quantitative estimate of drug-likeness (QED) is 0.680. The molecule has 4 rings (SSSR count). The summed E-state index contributed by atoms with van der Waals surface area (Å²) in [5.74, 6) is 0.0289. The molecule has 2 heterocycles. The maximum Gasteiger partial charge on any atom is 0.272 e. The molecule has 2 aromatic rings. The number of morpholine rings is 1. The molecule has 2 amide bonds. The highest BCUT2D eigenvalue weighted by Crippen LogP contribution is 2.25. The van der Waals surface area contributed by atoms with Gasteiger partial charge >= 0.3 is 0 Å². The van der Waals surface area contributed by atoms with Crippen molar-refractivity contribution in [1.82, 2.24) is 25.7 Å². The third kappa shape index (κ3) is 4.94. The van der Waals surface area contributed by atoms with Gasteiger partial charge in [-0.3, -0.25) is 19.6 Å². The summed E-state index contributed by atoms with van der Waals surface area (Å²) in [6.07, 6.45) is 3.23. The fraction of sp³-hybridized carbons (Fsp3) is 0.571. The van der Waals surface area contributed by atoms with E-state index in [1.165, 1.54) is 0 Å². The number of aromatic amines is 1. The van der Waals surface area contributed by atoms with Gasteiger partial charge in [0.1, 0.15) is 0 Å². The van der Waals surface area contributed by atoms with Crippen molar-refractivity contribution in [2.24, 2.45) is 5.92 Å². The van der Waals surface area contributed by atoms with Crippen LogP contribution in [0, 0.1) is 5.92 Å². The first-order valence-electron chi connectivity index (χ1n) is 10.5. The highest BCUT2D eigenvalue weighted by atomic mass is 16.5. The van der Waals surface area contributed by atoms with E-state index in [0.29, 0.717) is 12.2 Å². The predicted molar refractivity (Wildman–Crippen MR) is 110 cm³/mol. The molecule has 1 aromatic carbocycles. The number of nitrogens with one attached hydrogen (secondary N) is 3. The number of ether oxygens (including phenoxy) is 1. The smallest absolute Gasteiger partial charge is 0.272 e. The second-order valence-corrected chi connectivity index (χ2v) is 7.88. The van der Waals surface area contributed by atoms with Gasteiger partial charge in [0, 0.05) is 43.5 Å². The van der Waals surface area contributed by atoms with Crippen LogP contribution in [0.15, 0.2) is 24.3 Å². The summed E-state index contributed by atoms with van der Waals surface area (Å²) in [6, 6.07) is 7.70. The van der Waals surface area contributed by atoms with E-state index in [0.717, 1.165) is 69.4 Å². The van der Waals surface area contributed by atoms with E-state index in [9.17, 15) is 9.59 Å². The van der Waals surface area contributed by atoms with Crippen LogP contribution in [0.2, 0.25) is 0 Å². The minimum absolute atomic E-state index is 0.0408. The van der Waals surface area contributed by atoms with Gasteiger partial charge < -0.3 is 15.4 Å². The lowest BCUT2D eigenvalue weighted by molar-refractivity contribution is -0.126. The predicted octanol–water partition coefficient (Wildman–Crippen LogP) is 1.30. The van der Waals surface area contributed by atoms with Crippen LogP contribution in [0.3, 0.4) is 0 Å². The van der Waals surface area contributed by atoms with Crippen LogP contribution in [-0.4, -0.2) is 72.3 Å². The van der Waals surface area contributed by atoms with Crippen molar-refractivity contribution in [1.29, 1.82) is 0 Å². The van der Waals surface area contributed by atoms with E-state index in [4.69, 9.17) is 4.74 Å². The number of H-pyrrole nitrogens is 1. The number of hydrogen-bond donors (Lipinski definition) is 3. The molecule has 8 heteroatoms. The fourth-order valence-electron chi connectivity index (χ4n) is 4.20. The van der Waals surface area contributed by atoms with Gasteiger partial charge in [0.25, 0.3) is 5.91 Å². The van der Waals surface area contributed by atoms with Crippen LogP contribution in [0.25, 0.3) is 10.9 Å². The Morgan fingerprint density at radius 3 is 2.69 bits per heavy atom. The normalized spacial score (nSPS) is 23.0. The molecule has 0 radical (unpaired) electrons. The molecular formula is C21H29N5O3. The number of fused-ring (bicyclic) bond motifs is 1. The average molecular weight is 399 g/mol. The Morgan fingerprint density at radius 2 is 1.90 bits per heavy atom. The number of aromatic nitrogens is 2. The summed E-state index contributed by atoms with van der Waals surface area (Å²) < 4.78 is 5.34. The molecule has 1 aliphatic heterocycles. The summed E-state index contributed by atoms with van der Waals surface area (Å²) in [5, 5.41) is 14.1. The molecule has 1 aliphatic carbocycles. The Morgan fingerprint density at radius 1 is 1.14 bits per heavy atom. The minimum Gasteiger partial charge on any atom is -0.379 e. The van der Waals surface area contributed by atoms with Crippen LogP contribution < -0.4 is 10.6 Å². The van der Waals surface area contributed by atoms with Crippen molar-refractivity contribution < 1.29 is 14.3 Å². The minimum atomic E-state index is -0.152. The average Bonchev–Trinajstić information content (AvgIpc) is 3.19. The first-order chi connectivity index (χ1) is 14.2. The lowest BCUT2D eigenvalue weighted by Gasteiger charge is -2.29. The Balaban J connectivity index is 1.20. The summed E-state index contributed by atoms with van der Waals surface area (Å²) in [5.41, 5.74) is 1.29. The standard InChI is InChI=1S/C21H29N5O3/c27-20(22-9-10-26-11-13-29-14-12-26)15-5-7-16(8-6-15)23-21(28)19-17-3-1-2-4-18(17)24-25-19/h1-4,15-16H,5-14H2,(H,22,27)(H,23,28)(H,24,25). The third-order valence-electron chi connectivity index (χ3n) is 5.95. The van der Waals surface area contributed by atoms with Crippen LogP contribution in [0.5, 0.6) is 0 Å². The summed E-state index contributed by atoms with van der Waals surface area (Å²) in [6.45, 7) is 4.98. The molecule has 0 unspecified atom stereocenters. The summed E-state index contributed by atoms with van der Waals surface area (Å²) >= 11 is 0. The number of benzene rings is 1. The molecule has 2 fully saturated rings. The van der Waals surface area contributed by atoms with Crippen molar-refractivity contribution >= 4 is 22.7 Å². The van der Waals surface area contributed by atoms with Gasteiger partial charge in [0.05, 0.1) is 18.7 Å². The van der Waals surface area contributed by atoms with Crippen LogP contribution in [0.1, 0.15) is 36.2 Å². The maximum atomic E-state index is 12.6. The van der Waals surface area contributed by atoms with Gasteiger partial charge in [-0.05, 0) is 31.7 Å². The van der Waals surface area contributed by atoms with Gasteiger partial charge in [-0.25, -0.2) is 0 Å². The molecule has 0 atom stereocenters. The molecule has 8 nitrogen and oxygen atoms in total. The van der Waals surface area contributed by atoms with Gasteiger partial charge in [-0.15, -0.1) is 0 Å². The molecule has 0 bridgehead atoms. The number of rotatable bonds is 6. The monoisotopic (exact) mass is 399 g/mol. The van der Waals surface area contributed by atoms with Gasteiger partial charge in [0.2, 0.25) is 5.91 Å². The summed E-state index contributed by atoms with van der Waals surface area (Å²) in [4.78, 5) is 27.4. The molecule has 29 heavy (non-hydrogen) atoms. The lowest BCUT2D eigenvalue weighted by Crippen LogP contribution is -2.44. The zero-order valence-corrected chi connectivity index (χ0v) is 16.7. The Bertz CT molecular complexity index is 838. The van der Waals surface area contributed by atoms with Gasteiger partial charge in [-0.1, -0.05) is 18.2 Å². The number of carbonyl (C=O) groups excluding carboxylic acids is 2. The van der Waals surface area contributed by atoms with Gasteiger partial charge in [-0.2, -0.15) is 5.10 Å². The van der Waals surface area contributed by atoms with Crippen molar-refractivity contribution in [3.05, 3.63) is 30.0 Å². The van der Waals surface area contributed by atoms with E-state index < -0.39 is 0 Å². The topological polar surface area (TPSA) is 99.3 Å². The molecule has 0 spiro atoms. The molecule has 1 saturated carbocycles. The second kappa shape index (κ2) is 9.37.